The molecule has 2 saturated carbocycles. The smallest absolute Gasteiger partial charge is 0.295 e. The Balaban J connectivity index is 1.41. The number of pyridine rings is 1. The second kappa shape index (κ2) is 8.59. The fourth-order valence-electron chi connectivity index (χ4n) is 6.17. The zero-order valence-corrected chi connectivity index (χ0v) is 20.4. The molecule has 0 radical (unpaired) electrons. The first-order valence-corrected chi connectivity index (χ1v) is 12.9. The Bertz CT molecular complexity index is 1340. The van der Waals surface area contributed by atoms with Gasteiger partial charge in [-0.1, -0.05) is 30.5 Å². The van der Waals surface area contributed by atoms with Crippen molar-refractivity contribution in [2.24, 2.45) is 5.92 Å². The third-order valence-electron chi connectivity index (χ3n) is 8.06. The van der Waals surface area contributed by atoms with E-state index in [0.29, 0.717) is 24.0 Å². The third kappa shape index (κ3) is 3.55. The molecule has 8 nitrogen and oxygen atoms in total. The molecule has 2 aromatic rings. The summed E-state index contributed by atoms with van der Waals surface area (Å²) < 4.78 is 14.9. The molecular weight excluding hydrogens is 489 g/mol. The van der Waals surface area contributed by atoms with Crippen LogP contribution in [0, 0.1) is 11.7 Å². The summed E-state index contributed by atoms with van der Waals surface area (Å²) in [5, 5.41) is 21.6. The van der Waals surface area contributed by atoms with Gasteiger partial charge < -0.3 is 20.0 Å². The zero-order chi connectivity index (χ0) is 25.3. The fourth-order valence-corrected chi connectivity index (χ4v) is 6.37. The predicted molar refractivity (Wildman–Crippen MR) is 128 cm³/mol. The largest absolute Gasteiger partial charge is 0.502 e. The van der Waals surface area contributed by atoms with E-state index in [2.05, 4.69) is 0 Å². The van der Waals surface area contributed by atoms with E-state index in [9.17, 15) is 29.0 Å². The summed E-state index contributed by atoms with van der Waals surface area (Å²) in [5.74, 6) is -2.03. The second-order valence-corrected chi connectivity index (χ2v) is 10.7. The van der Waals surface area contributed by atoms with Crippen molar-refractivity contribution in [2.45, 2.75) is 69.8 Å². The minimum atomic E-state index is -0.748. The molecule has 2 amide bonds. The first-order chi connectivity index (χ1) is 17.3. The highest BCUT2D eigenvalue weighted by Crippen LogP contribution is 2.48. The summed E-state index contributed by atoms with van der Waals surface area (Å²) >= 11 is 5.88. The predicted octanol–water partition coefficient (Wildman–Crippen LogP) is 3.21. The fraction of sp³-hybridized carbons (Fsp3) is 0.500. The number of benzene rings is 1. The number of carbonyl (C=O) groups excluding carboxylic acids is 2. The van der Waals surface area contributed by atoms with Gasteiger partial charge in [-0.15, -0.1) is 0 Å². The third-order valence-corrected chi connectivity index (χ3v) is 8.35. The molecule has 2 N–H and O–H groups in total. The Morgan fingerprint density at radius 3 is 2.50 bits per heavy atom. The van der Waals surface area contributed by atoms with Crippen LogP contribution in [-0.4, -0.2) is 55.1 Å². The van der Waals surface area contributed by atoms with E-state index in [1.807, 2.05) is 0 Å². The van der Waals surface area contributed by atoms with Crippen LogP contribution in [0.2, 0.25) is 5.02 Å². The van der Waals surface area contributed by atoms with Crippen LogP contribution in [0.5, 0.6) is 5.75 Å². The van der Waals surface area contributed by atoms with Crippen molar-refractivity contribution in [3.05, 3.63) is 61.8 Å². The lowest BCUT2D eigenvalue weighted by atomic mass is 9.90. The summed E-state index contributed by atoms with van der Waals surface area (Å²) in [4.78, 5) is 43.9. The second-order valence-electron chi connectivity index (χ2n) is 10.3. The van der Waals surface area contributed by atoms with Crippen LogP contribution in [0.15, 0.2) is 23.0 Å². The van der Waals surface area contributed by atoms with Crippen LogP contribution in [0.25, 0.3) is 0 Å². The SMILES string of the molecule is O=C1c2c(c3n(c(=O)c2O)[C@H](C2CC2)N([C@@H]2CCCC[C@H]2O)C3=O)CCN1Cc1ccc(F)c(Cl)c1. The maximum atomic E-state index is 13.9. The number of fused-ring (bicyclic) bond motifs is 3. The van der Waals surface area contributed by atoms with E-state index < -0.39 is 41.3 Å². The number of rotatable bonds is 4. The van der Waals surface area contributed by atoms with E-state index in [0.717, 1.165) is 25.7 Å². The number of hydrogen-bond donors (Lipinski definition) is 2. The number of carbonyl (C=O) groups is 2. The monoisotopic (exact) mass is 515 g/mol. The lowest BCUT2D eigenvalue weighted by Gasteiger charge is -2.38. The number of amides is 2. The molecule has 4 aliphatic rings. The molecule has 0 unspecified atom stereocenters. The Morgan fingerprint density at radius 1 is 1.06 bits per heavy atom. The molecule has 1 aromatic carbocycles. The van der Waals surface area contributed by atoms with Crippen LogP contribution >= 0.6 is 11.6 Å². The molecule has 0 saturated heterocycles. The summed E-state index contributed by atoms with van der Waals surface area (Å²) in [6, 6.07) is 3.79. The lowest BCUT2D eigenvalue weighted by molar-refractivity contribution is -0.00591. The summed E-state index contributed by atoms with van der Waals surface area (Å²) in [5.41, 5.74) is 0.272. The molecule has 190 valence electrons. The van der Waals surface area contributed by atoms with Gasteiger partial charge in [0.2, 0.25) is 0 Å². The van der Waals surface area contributed by atoms with Gasteiger partial charge in [0.05, 0.1) is 22.7 Å². The quantitative estimate of drug-likeness (QED) is 0.651. The molecule has 0 spiro atoms. The van der Waals surface area contributed by atoms with Crippen LogP contribution in [0.3, 0.4) is 0 Å². The standard InChI is InChI=1S/C26H27ClFN3O5/c27-16-11-13(5-8-17(16)28)12-29-10-9-15-20(24(29)34)22(33)26(36)31-21(15)25(35)30(23(31)14-6-7-14)18-3-1-2-4-19(18)32/h5,8,11,14,18-19,23,32-33H,1-4,6-7,9-10,12H2/t18-,19-,23-/m1/s1. The van der Waals surface area contributed by atoms with E-state index in [-0.39, 0.29) is 47.6 Å². The average Bonchev–Trinajstić information content (AvgIpc) is 3.65. The Morgan fingerprint density at radius 2 is 1.81 bits per heavy atom. The number of aliphatic hydroxyl groups is 1. The maximum Gasteiger partial charge on any atom is 0.295 e. The molecule has 2 aliphatic carbocycles. The Hall–Kier alpha value is -2.91. The highest BCUT2D eigenvalue weighted by atomic mass is 35.5. The van der Waals surface area contributed by atoms with Crippen molar-refractivity contribution < 1.29 is 24.2 Å². The van der Waals surface area contributed by atoms with E-state index >= 15 is 0 Å². The number of aromatic nitrogens is 1. The molecule has 10 heteroatoms. The highest BCUT2D eigenvalue weighted by molar-refractivity contribution is 6.30. The van der Waals surface area contributed by atoms with Gasteiger partial charge in [-0.2, -0.15) is 0 Å². The van der Waals surface area contributed by atoms with Crippen LogP contribution in [0.4, 0.5) is 4.39 Å². The van der Waals surface area contributed by atoms with Crippen molar-refractivity contribution in [1.29, 1.82) is 0 Å². The number of hydrogen-bond acceptors (Lipinski definition) is 5. The summed E-state index contributed by atoms with van der Waals surface area (Å²) in [6.45, 7) is 0.383. The molecule has 6 rings (SSSR count). The number of aromatic hydroxyl groups is 1. The molecular formula is C26H27ClFN3O5. The van der Waals surface area contributed by atoms with Gasteiger partial charge in [-0.05, 0) is 55.7 Å². The average molecular weight is 516 g/mol. The molecule has 3 heterocycles. The Labute approximate surface area is 211 Å². The number of halogens is 2. The molecule has 3 atom stereocenters. The van der Waals surface area contributed by atoms with Crippen molar-refractivity contribution in [3.63, 3.8) is 0 Å². The minimum Gasteiger partial charge on any atom is -0.502 e. The molecule has 1 aromatic heterocycles. The van der Waals surface area contributed by atoms with Gasteiger partial charge in [-0.25, -0.2) is 4.39 Å². The molecule has 0 bridgehead atoms. The van der Waals surface area contributed by atoms with Crippen molar-refractivity contribution in [2.75, 3.05) is 6.54 Å². The van der Waals surface area contributed by atoms with Gasteiger partial charge in [0.25, 0.3) is 17.4 Å². The minimum absolute atomic E-state index is 0.0574. The normalized spacial score (nSPS) is 25.8. The van der Waals surface area contributed by atoms with Gasteiger partial charge in [0.1, 0.15) is 17.7 Å². The lowest BCUT2D eigenvalue weighted by Crippen LogP contribution is -2.48. The van der Waals surface area contributed by atoms with Gasteiger partial charge in [0.15, 0.2) is 5.75 Å². The first kappa shape index (κ1) is 23.5. The highest BCUT2D eigenvalue weighted by Gasteiger charge is 2.52. The zero-order valence-electron chi connectivity index (χ0n) is 19.6. The molecule has 2 fully saturated rings. The van der Waals surface area contributed by atoms with Gasteiger partial charge >= 0.3 is 0 Å². The molecule has 2 aliphatic heterocycles. The first-order valence-electron chi connectivity index (χ1n) is 12.5. The van der Waals surface area contributed by atoms with Crippen LogP contribution < -0.4 is 5.56 Å². The van der Waals surface area contributed by atoms with Crippen LogP contribution in [0.1, 0.15) is 76.7 Å². The van der Waals surface area contributed by atoms with Gasteiger partial charge in [0, 0.05) is 18.7 Å². The summed E-state index contributed by atoms with van der Waals surface area (Å²) in [7, 11) is 0. The van der Waals surface area contributed by atoms with Crippen molar-refractivity contribution >= 4 is 23.4 Å². The van der Waals surface area contributed by atoms with E-state index in [4.69, 9.17) is 11.6 Å². The van der Waals surface area contributed by atoms with Crippen molar-refractivity contribution in [1.82, 2.24) is 14.4 Å². The summed E-state index contributed by atoms with van der Waals surface area (Å²) in [6.07, 6.45) is 3.80. The van der Waals surface area contributed by atoms with E-state index in [1.54, 1.807) is 4.90 Å². The van der Waals surface area contributed by atoms with E-state index in [1.165, 1.54) is 27.7 Å². The van der Waals surface area contributed by atoms with Crippen molar-refractivity contribution in [3.8, 4) is 5.75 Å². The topological polar surface area (TPSA) is 103 Å². The number of nitrogens with zero attached hydrogens (tertiary/aromatic N) is 3. The molecule has 36 heavy (non-hydrogen) atoms. The van der Waals surface area contributed by atoms with Crippen LogP contribution in [-0.2, 0) is 13.0 Å². The van der Waals surface area contributed by atoms with Gasteiger partial charge in [-0.3, -0.25) is 19.0 Å². The maximum absolute atomic E-state index is 13.9. The Kier molecular flexibility index (Phi) is 5.60. The number of aliphatic hydroxyl groups excluding tert-OH is 1.